The van der Waals surface area contributed by atoms with Gasteiger partial charge >= 0.3 is 5.97 Å². The molecule has 3 heteroatoms. The lowest BCUT2D eigenvalue weighted by Crippen LogP contribution is -2.52. The Morgan fingerprint density at radius 2 is 2.21 bits per heavy atom. The Hall–Kier alpha value is -1.09. The summed E-state index contributed by atoms with van der Waals surface area (Å²) in [5.74, 6) is -0.518. The van der Waals surface area contributed by atoms with E-state index in [0.29, 0.717) is 5.92 Å². The minimum absolute atomic E-state index is 0.257. The van der Waals surface area contributed by atoms with Gasteiger partial charge in [0.05, 0.1) is 0 Å². The summed E-state index contributed by atoms with van der Waals surface area (Å²) >= 11 is 0. The average Bonchev–Trinajstić information content (AvgIpc) is 2.10. The van der Waals surface area contributed by atoms with E-state index in [1.165, 1.54) is 0 Å². The Balaban J connectivity index is 2.71. The molecule has 0 amide bonds. The summed E-state index contributed by atoms with van der Waals surface area (Å²) < 4.78 is 0. The predicted octanol–water partition coefficient (Wildman–Crippen LogP) is 1.57. The molecule has 78 valence electrons. The molecule has 0 aromatic rings. The summed E-state index contributed by atoms with van der Waals surface area (Å²) in [5, 5.41) is 11.9. The highest BCUT2D eigenvalue weighted by molar-refractivity contribution is 5.73. The maximum absolute atomic E-state index is 10.7. The third-order valence-electron chi connectivity index (χ3n) is 2.80. The van der Waals surface area contributed by atoms with Crippen molar-refractivity contribution in [1.29, 1.82) is 0 Å². The van der Waals surface area contributed by atoms with E-state index in [0.717, 1.165) is 0 Å². The van der Waals surface area contributed by atoms with E-state index in [9.17, 15) is 4.79 Å². The summed E-state index contributed by atoms with van der Waals surface area (Å²) in [6.45, 7) is 5.74. The highest BCUT2D eigenvalue weighted by Crippen LogP contribution is 2.24. The minimum Gasteiger partial charge on any atom is -0.480 e. The zero-order valence-electron chi connectivity index (χ0n) is 8.82. The van der Waals surface area contributed by atoms with Gasteiger partial charge in [-0.3, -0.25) is 10.1 Å². The highest BCUT2D eigenvalue weighted by atomic mass is 16.4. The van der Waals surface area contributed by atoms with E-state index >= 15 is 0 Å². The number of nitrogens with one attached hydrogen (secondary N) is 1. The molecule has 0 aliphatic heterocycles. The summed E-state index contributed by atoms with van der Waals surface area (Å²) in [4.78, 5) is 10.7. The predicted molar refractivity (Wildman–Crippen MR) is 56.1 cm³/mol. The first-order chi connectivity index (χ1) is 6.46. The van der Waals surface area contributed by atoms with Gasteiger partial charge in [-0.15, -0.1) is 0 Å². The number of hydrogen-bond acceptors (Lipinski definition) is 2. The first kappa shape index (κ1) is 11.0. The van der Waals surface area contributed by atoms with Gasteiger partial charge in [-0.25, -0.2) is 0 Å². The minimum atomic E-state index is -0.818. The molecule has 1 aliphatic rings. The van der Waals surface area contributed by atoms with Crippen molar-refractivity contribution >= 4 is 5.97 Å². The van der Waals surface area contributed by atoms with Crippen molar-refractivity contribution in [3.8, 4) is 0 Å². The SMILES string of the molecule is CC1C=CC=CC1(C)N[C@@H](C)C(=O)O. The van der Waals surface area contributed by atoms with E-state index in [-0.39, 0.29) is 5.54 Å². The van der Waals surface area contributed by atoms with Crippen LogP contribution in [0.25, 0.3) is 0 Å². The molecule has 3 nitrogen and oxygen atoms in total. The second-order valence-corrected chi connectivity index (χ2v) is 4.02. The maximum Gasteiger partial charge on any atom is 0.320 e. The Morgan fingerprint density at radius 1 is 1.57 bits per heavy atom. The molecule has 1 rings (SSSR count). The zero-order chi connectivity index (χ0) is 10.8. The molecule has 0 radical (unpaired) electrons. The Bertz CT molecular complexity index is 283. The molecule has 0 spiro atoms. The smallest absolute Gasteiger partial charge is 0.320 e. The number of allylic oxidation sites excluding steroid dienone is 2. The van der Waals surface area contributed by atoms with Crippen LogP contribution < -0.4 is 5.32 Å². The number of aliphatic carboxylic acids is 1. The number of hydrogen-bond donors (Lipinski definition) is 2. The van der Waals surface area contributed by atoms with Crippen molar-refractivity contribution in [2.24, 2.45) is 5.92 Å². The van der Waals surface area contributed by atoms with Gasteiger partial charge in [0.1, 0.15) is 6.04 Å². The van der Waals surface area contributed by atoms with Gasteiger partial charge in [0.15, 0.2) is 0 Å². The topological polar surface area (TPSA) is 49.3 Å². The molecule has 14 heavy (non-hydrogen) atoms. The lowest BCUT2D eigenvalue weighted by Gasteiger charge is -2.35. The monoisotopic (exact) mass is 195 g/mol. The van der Waals surface area contributed by atoms with Crippen molar-refractivity contribution in [3.05, 3.63) is 24.3 Å². The van der Waals surface area contributed by atoms with Crippen LogP contribution in [0.15, 0.2) is 24.3 Å². The Morgan fingerprint density at radius 3 is 2.71 bits per heavy atom. The summed E-state index contributed by atoms with van der Waals surface area (Å²) in [6, 6.07) is -0.529. The van der Waals surface area contributed by atoms with Gasteiger partial charge in [-0.2, -0.15) is 0 Å². The fourth-order valence-electron chi connectivity index (χ4n) is 1.55. The molecule has 0 heterocycles. The van der Waals surface area contributed by atoms with Crippen LogP contribution in [-0.2, 0) is 4.79 Å². The van der Waals surface area contributed by atoms with Gasteiger partial charge < -0.3 is 5.11 Å². The first-order valence-corrected chi connectivity index (χ1v) is 4.82. The van der Waals surface area contributed by atoms with Gasteiger partial charge in [-0.05, 0) is 19.8 Å². The van der Waals surface area contributed by atoms with E-state index < -0.39 is 12.0 Å². The molecule has 0 bridgehead atoms. The largest absolute Gasteiger partial charge is 0.480 e. The number of carbonyl (C=O) groups is 1. The van der Waals surface area contributed by atoms with E-state index in [2.05, 4.69) is 18.3 Å². The summed E-state index contributed by atoms with van der Waals surface area (Å²) in [5.41, 5.74) is -0.257. The van der Waals surface area contributed by atoms with Crippen LogP contribution in [0.5, 0.6) is 0 Å². The van der Waals surface area contributed by atoms with Gasteiger partial charge in [-0.1, -0.05) is 31.2 Å². The Kier molecular flexibility index (Phi) is 3.11. The highest BCUT2D eigenvalue weighted by Gasteiger charge is 2.30. The lowest BCUT2D eigenvalue weighted by molar-refractivity contribution is -0.139. The van der Waals surface area contributed by atoms with E-state index in [1.807, 2.05) is 25.2 Å². The van der Waals surface area contributed by atoms with Crippen LogP contribution in [0.2, 0.25) is 0 Å². The van der Waals surface area contributed by atoms with Crippen LogP contribution >= 0.6 is 0 Å². The molecular weight excluding hydrogens is 178 g/mol. The summed E-state index contributed by atoms with van der Waals surface area (Å²) in [6.07, 6.45) is 8.01. The molecule has 1 aliphatic carbocycles. The van der Waals surface area contributed by atoms with Crippen LogP contribution in [0.1, 0.15) is 20.8 Å². The molecule has 2 N–H and O–H groups in total. The fraction of sp³-hybridized carbons (Fsp3) is 0.545. The second-order valence-electron chi connectivity index (χ2n) is 4.02. The third-order valence-corrected chi connectivity index (χ3v) is 2.80. The lowest BCUT2D eigenvalue weighted by atomic mass is 9.83. The second kappa shape index (κ2) is 3.96. The van der Waals surface area contributed by atoms with Gasteiger partial charge in [0.25, 0.3) is 0 Å². The van der Waals surface area contributed by atoms with Crippen LogP contribution in [0, 0.1) is 5.92 Å². The van der Waals surface area contributed by atoms with Gasteiger partial charge in [0, 0.05) is 5.54 Å². The van der Waals surface area contributed by atoms with Crippen molar-refractivity contribution in [2.75, 3.05) is 0 Å². The average molecular weight is 195 g/mol. The molecule has 0 fully saturated rings. The van der Waals surface area contributed by atoms with Crippen LogP contribution in [0.3, 0.4) is 0 Å². The molecule has 2 unspecified atom stereocenters. The molecule has 0 saturated heterocycles. The molecule has 0 aromatic heterocycles. The fourth-order valence-corrected chi connectivity index (χ4v) is 1.55. The number of carboxylic acids is 1. The number of rotatable bonds is 3. The quantitative estimate of drug-likeness (QED) is 0.718. The molecule has 3 atom stereocenters. The van der Waals surface area contributed by atoms with Crippen LogP contribution in [0.4, 0.5) is 0 Å². The number of carboxylic acid groups (broad SMARTS) is 1. The molecular formula is C11H17NO2. The Labute approximate surface area is 84.5 Å². The van der Waals surface area contributed by atoms with Crippen molar-refractivity contribution in [1.82, 2.24) is 5.32 Å². The normalized spacial score (nSPS) is 32.9. The third kappa shape index (κ3) is 2.23. The van der Waals surface area contributed by atoms with Crippen LogP contribution in [-0.4, -0.2) is 22.7 Å². The summed E-state index contributed by atoms with van der Waals surface area (Å²) in [7, 11) is 0. The standard InChI is InChI=1S/C11H17NO2/c1-8-6-4-5-7-11(8,3)12-9(2)10(13)14/h4-9,12H,1-3H3,(H,13,14)/t8?,9-,11?/m0/s1. The first-order valence-electron chi connectivity index (χ1n) is 4.82. The molecule has 0 saturated carbocycles. The van der Waals surface area contributed by atoms with Gasteiger partial charge in [0.2, 0.25) is 0 Å². The maximum atomic E-state index is 10.7. The van der Waals surface area contributed by atoms with Crippen molar-refractivity contribution < 1.29 is 9.90 Å². The zero-order valence-corrected chi connectivity index (χ0v) is 8.82. The van der Waals surface area contributed by atoms with E-state index in [1.54, 1.807) is 6.92 Å². The van der Waals surface area contributed by atoms with Crippen molar-refractivity contribution in [3.63, 3.8) is 0 Å². The van der Waals surface area contributed by atoms with E-state index in [4.69, 9.17) is 5.11 Å². The van der Waals surface area contributed by atoms with Crippen molar-refractivity contribution in [2.45, 2.75) is 32.4 Å². The molecule has 0 aromatic carbocycles.